The van der Waals surface area contributed by atoms with Crippen LogP contribution < -0.4 is 14.4 Å². The van der Waals surface area contributed by atoms with Crippen molar-refractivity contribution in [1.29, 1.82) is 0 Å². The Labute approximate surface area is 185 Å². The van der Waals surface area contributed by atoms with E-state index in [-0.39, 0.29) is 12.1 Å². The number of likely N-dealkylation sites (tertiary alicyclic amines) is 1. The van der Waals surface area contributed by atoms with Gasteiger partial charge in [0.15, 0.2) is 0 Å². The Hall–Kier alpha value is -2.50. The molecule has 2 aliphatic heterocycles. The summed E-state index contributed by atoms with van der Waals surface area (Å²) in [7, 11) is 1.69. The van der Waals surface area contributed by atoms with Crippen LogP contribution in [-0.2, 0) is 0 Å². The van der Waals surface area contributed by atoms with Crippen LogP contribution in [0.15, 0.2) is 60.7 Å². The molecular weight excluding hydrogens is 388 g/mol. The van der Waals surface area contributed by atoms with Crippen molar-refractivity contribution < 1.29 is 14.6 Å². The largest absolute Gasteiger partial charge is 0.496 e. The van der Waals surface area contributed by atoms with E-state index in [1.807, 2.05) is 42.5 Å². The first kappa shape index (κ1) is 21.7. The van der Waals surface area contributed by atoms with Gasteiger partial charge >= 0.3 is 0 Å². The van der Waals surface area contributed by atoms with Gasteiger partial charge in [0.1, 0.15) is 24.3 Å². The number of rotatable bonds is 8. The number of fused-ring (bicyclic) bond motifs is 1. The van der Waals surface area contributed by atoms with Gasteiger partial charge in [-0.3, -0.25) is 4.90 Å². The molecule has 0 radical (unpaired) electrons. The van der Waals surface area contributed by atoms with Gasteiger partial charge in [0.2, 0.25) is 0 Å². The van der Waals surface area contributed by atoms with E-state index in [0.717, 1.165) is 54.3 Å². The van der Waals surface area contributed by atoms with Crippen LogP contribution in [-0.4, -0.2) is 49.1 Å². The SMILES string of the molecule is C=C(C)CCC(C(O)N1c2ccccc2OCC1c1ccccc1OC)N1CCCC1. The summed E-state index contributed by atoms with van der Waals surface area (Å²) in [5, 5.41) is 11.9. The second-order valence-corrected chi connectivity index (χ2v) is 8.66. The fraction of sp³-hybridized carbons (Fsp3) is 0.462. The molecule has 3 atom stereocenters. The highest BCUT2D eigenvalue weighted by Crippen LogP contribution is 2.43. The van der Waals surface area contributed by atoms with Crippen LogP contribution in [0.5, 0.6) is 11.5 Å². The van der Waals surface area contributed by atoms with Crippen molar-refractivity contribution in [2.45, 2.75) is 50.9 Å². The number of nitrogens with zero attached hydrogens (tertiary/aromatic N) is 2. The molecule has 0 aromatic heterocycles. The highest BCUT2D eigenvalue weighted by Gasteiger charge is 2.40. The summed E-state index contributed by atoms with van der Waals surface area (Å²) in [4.78, 5) is 4.60. The fourth-order valence-electron chi connectivity index (χ4n) is 4.89. The van der Waals surface area contributed by atoms with E-state index in [1.165, 1.54) is 12.8 Å². The van der Waals surface area contributed by atoms with E-state index in [2.05, 4.69) is 29.4 Å². The molecule has 0 amide bonds. The summed E-state index contributed by atoms with van der Waals surface area (Å²) in [6.45, 7) is 8.68. The van der Waals surface area contributed by atoms with Crippen LogP contribution >= 0.6 is 0 Å². The summed E-state index contributed by atoms with van der Waals surface area (Å²) < 4.78 is 11.8. The van der Waals surface area contributed by atoms with Gasteiger partial charge in [-0.25, -0.2) is 0 Å². The summed E-state index contributed by atoms with van der Waals surface area (Å²) in [6, 6.07) is 15.9. The number of aliphatic hydroxyl groups is 1. The van der Waals surface area contributed by atoms with Gasteiger partial charge < -0.3 is 19.5 Å². The monoisotopic (exact) mass is 422 g/mol. The molecule has 31 heavy (non-hydrogen) atoms. The molecule has 2 aromatic rings. The zero-order chi connectivity index (χ0) is 21.8. The zero-order valence-electron chi connectivity index (χ0n) is 18.7. The van der Waals surface area contributed by atoms with Crippen molar-refractivity contribution in [2.75, 3.05) is 31.7 Å². The minimum absolute atomic E-state index is 0.0302. The minimum atomic E-state index is -0.669. The number of para-hydroxylation sites is 3. The van der Waals surface area contributed by atoms with Gasteiger partial charge in [0.25, 0.3) is 0 Å². The molecule has 0 bridgehead atoms. The topological polar surface area (TPSA) is 45.2 Å². The summed E-state index contributed by atoms with van der Waals surface area (Å²) in [5.41, 5.74) is 3.11. The van der Waals surface area contributed by atoms with Gasteiger partial charge in [0.05, 0.1) is 24.9 Å². The first-order chi connectivity index (χ1) is 15.1. The Bertz CT molecular complexity index is 894. The number of anilines is 1. The summed E-state index contributed by atoms with van der Waals surface area (Å²) >= 11 is 0. The van der Waals surface area contributed by atoms with Crippen molar-refractivity contribution in [3.8, 4) is 11.5 Å². The Kier molecular flexibility index (Phi) is 6.83. The van der Waals surface area contributed by atoms with Crippen molar-refractivity contribution in [1.82, 2.24) is 4.90 Å². The lowest BCUT2D eigenvalue weighted by Crippen LogP contribution is -2.54. The lowest BCUT2D eigenvalue weighted by molar-refractivity contribution is 0.0402. The van der Waals surface area contributed by atoms with Crippen molar-refractivity contribution >= 4 is 5.69 Å². The van der Waals surface area contributed by atoms with Crippen LogP contribution in [0, 0.1) is 0 Å². The van der Waals surface area contributed by atoms with E-state index in [9.17, 15) is 5.11 Å². The van der Waals surface area contributed by atoms with Gasteiger partial charge in [-0.2, -0.15) is 0 Å². The highest BCUT2D eigenvalue weighted by molar-refractivity contribution is 5.63. The average Bonchev–Trinajstić information content (AvgIpc) is 3.32. The second-order valence-electron chi connectivity index (χ2n) is 8.66. The molecule has 166 valence electrons. The zero-order valence-corrected chi connectivity index (χ0v) is 18.7. The van der Waals surface area contributed by atoms with E-state index >= 15 is 0 Å². The Morgan fingerprint density at radius 1 is 1.16 bits per heavy atom. The second kappa shape index (κ2) is 9.75. The third kappa shape index (κ3) is 4.58. The summed E-state index contributed by atoms with van der Waals surface area (Å²) in [5.74, 6) is 1.63. The molecular formula is C26H34N2O3. The van der Waals surface area contributed by atoms with Crippen LogP contribution in [0.1, 0.15) is 44.2 Å². The number of aliphatic hydroxyl groups excluding tert-OH is 1. The molecule has 0 saturated carbocycles. The molecule has 2 aliphatic rings. The summed E-state index contributed by atoms with van der Waals surface area (Å²) in [6.07, 6.45) is 3.49. The maximum absolute atomic E-state index is 11.9. The molecule has 2 aromatic carbocycles. The molecule has 1 N–H and O–H groups in total. The Morgan fingerprint density at radius 2 is 1.87 bits per heavy atom. The van der Waals surface area contributed by atoms with Crippen LogP contribution in [0.2, 0.25) is 0 Å². The maximum atomic E-state index is 11.9. The number of hydrogen-bond acceptors (Lipinski definition) is 5. The molecule has 1 fully saturated rings. The molecule has 1 saturated heterocycles. The number of ether oxygens (including phenoxy) is 2. The lowest BCUT2D eigenvalue weighted by Gasteiger charge is -2.46. The Morgan fingerprint density at radius 3 is 2.61 bits per heavy atom. The number of allylic oxidation sites excluding steroid dienone is 1. The number of benzene rings is 2. The van der Waals surface area contributed by atoms with E-state index in [1.54, 1.807) is 7.11 Å². The van der Waals surface area contributed by atoms with Crippen molar-refractivity contribution in [3.05, 3.63) is 66.2 Å². The van der Waals surface area contributed by atoms with Crippen LogP contribution in [0.4, 0.5) is 5.69 Å². The van der Waals surface area contributed by atoms with Gasteiger partial charge in [-0.05, 0) is 63.9 Å². The molecule has 5 heteroatoms. The smallest absolute Gasteiger partial charge is 0.143 e. The van der Waals surface area contributed by atoms with Gasteiger partial charge in [-0.15, -0.1) is 6.58 Å². The molecule has 3 unspecified atom stereocenters. The van der Waals surface area contributed by atoms with Crippen molar-refractivity contribution in [3.63, 3.8) is 0 Å². The molecule has 2 heterocycles. The highest BCUT2D eigenvalue weighted by atomic mass is 16.5. The van der Waals surface area contributed by atoms with E-state index < -0.39 is 6.23 Å². The fourth-order valence-corrected chi connectivity index (χ4v) is 4.89. The predicted octanol–water partition coefficient (Wildman–Crippen LogP) is 4.77. The standard InChI is InChI=1S/C26H34N2O3/c1-19(2)14-15-22(27-16-8-9-17-27)26(29)28-21-11-5-7-13-25(21)31-18-23(28)20-10-4-6-12-24(20)30-3/h4-7,10-13,22-23,26,29H,1,8-9,14-18H2,2-3H3. The molecule has 5 nitrogen and oxygen atoms in total. The lowest BCUT2D eigenvalue weighted by atomic mass is 9.97. The van der Waals surface area contributed by atoms with E-state index in [4.69, 9.17) is 9.47 Å². The first-order valence-corrected chi connectivity index (χ1v) is 11.3. The normalized spacial score (nSPS) is 20.6. The molecule has 4 rings (SSSR count). The molecule has 0 spiro atoms. The molecule has 0 aliphatic carbocycles. The van der Waals surface area contributed by atoms with Crippen molar-refractivity contribution in [2.24, 2.45) is 0 Å². The maximum Gasteiger partial charge on any atom is 0.143 e. The van der Waals surface area contributed by atoms with Crippen LogP contribution in [0.3, 0.4) is 0 Å². The third-order valence-corrected chi connectivity index (χ3v) is 6.48. The predicted molar refractivity (Wildman–Crippen MR) is 125 cm³/mol. The van der Waals surface area contributed by atoms with Gasteiger partial charge in [0, 0.05) is 5.56 Å². The number of hydrogen-bond donors (Lipinski definition) is 1. The quantitative estimate of drug-likeness (QED) is 0.621. The Balaban J connectivity index is 1.74. The van der Waals surface area contributed by atoms with E-state index in [0.29, 0.717) is 6.61 Å². The van der Waals surface area contributed by atoms with Crippen LogP contribution in [0.25, 0.3) is 0 Å². The van der Waals surface area contributed by atoms with Gasteiger partial charge in [-0.1, -0.05) is 35.9 Å². The minimum Gasteiger partial charge on any atom is -0.496 e. The average molecular weight is 423 g/mol. The first-order valence-electron chi connectivity index (χ1n) is 11.3. The third-order valence-electron chi connectivity index (χ3n) is 6.48. The number of methoxy groups -OCH3 is 1.